The van der Waals surface area contributed by atoms with E-state index in [1.807, 2.05) is 54.3 Å². The summed E-state index contributed by atoms with van der Waals surface area (Å²) in [6.07, 6.45) is 3.03. The number of nitrogens with two attached hydrogens (primary N) is 1. The van der Waals surface area contributed by atoms with Gasteiger partial charge in [0.1, 0.15) is 0 Å². The van der Waals surface area contributed by atoms with Gasteiger partial charge in [-0.2, -0.15) is 0 Å². The fraction of sp³-hybridized carbons (Fsp3) is 0.333. The van der Waals surface area contributed by atoms with Crippen LogP contribution in [0.3, 0.4) is 0 Å². The zero-order valence-corrected chi connectivity index (χ0v) is 16.8. The number of nitrogens with one attached hydrogen (secondary N) is 2. The molecule has 1 aliphatic heterocycles. The summed E-state index contributed by atoms with van der Waals surface area (Å²) in [6, 6.07) is 12.9. The number of anilines is 3. The maximum absolute atomic E-state index is 12.8. The maximum Gasteiger partial charge on any atom is 0.319 e. The summed E-state index contributed by atoms with van der Waals surface area (Å²) < 4.78 is 0. The second kappa shape index (κ2) is 9.99. The Bertz CT molecular complexity index is 824. The third kappa shape index (κ3) is 5.16. The van der Waals surface area contributed by atoms with E-state index in [2.05, 4.69) is 10.6 Å². The van der Waals surface area contributed by atoms with Crippen LogP contribution in [0.25, 0.3) is 0 Å². The lowest BCUT2D eigenvalue weighted by atomic mass is 9.99. The molecule has 2 aromatic rings. The Morgan fingerprint density at radius 1 is 1.14 bits per heavy atom. The number of nitrogens with zero attached hydrogens (tertiary/aromatic N) is 1. The molecule has 0 saturated carbocycles. The van der Waals surface area contributed by atoms with Crippen LogP contribution in [0.15, 0.2) is 42.5 Å². The predicted octanol–water partition coefficient (Wildman–Crippen LogP) is 3.74. The molecule has 0 saturated heterocycles. The molecule has 150 valence electrons. The summed E-state index contributed by atoms with van der Waals surface area (Å²) in [7, 11) is 0. The van der Waals surface area contributed by atoms with Crippen LogP contribution in [0.2, 0.25) is 0 Å². The first-order valence-corrected chi connectivity index (χ1v) is 9.40. The molecule has 2 aromatic carbocycles. The van der Waals surface area contributed by atoms with Crippen LogP contribution in [-0.2, 0) is 17.6 Å². The number of amides is 3. The van der Waals surface area contributed by atoms with E-state index >= 15 is 0 Å². The van der Waals surface area contributed by atoms with Crippen molar-refractivity contribution in [3.05, 3.63) is 53.6 Å². The van der Waals surface area contributed by atoms with Gasteiger partial charge in [0.05, 0.1) is 6.42 Å². The number of rotatable bonds is 5. The number of carbonyl (C=O) groups excluding carboxylic acids is 2. The van der Waals surface area contributed by atoms with Gasteiger partial charge in [-0.25, -0.2) is 4.79 Å². The summed E-state index contributed by atoms with van der Waals surface area (Å²) >= 11 is 0. The van der Waals surface area contributed by atoms with Crippen LogP contribution >= 0.6 is 12.4 Å². The second-order valence-electron chi connectivity index (χ2n) is 6.75. The molecule has 1 heterocycles. The molecular weight excluding hydrogens is 376 g/mol. The molecule has 0 radical (unpaired) electrons. The standard InChI is InChI=1S/C21H26N4O2.ClH/c1-2-12-23-21(27)24-16-10-8-15(9-11-16)14-20(26)25-13-4-5-17-18(22)6-3-7-19(17)25;/h3,6-11H,2,4-5,12-14,22H2,1H3,(H2,23,24,27);1H. The lowest BCUT2D eigenvalue weighted by Gasteiger charge is -2.30. The quantitative estimate of drug-likeness (QED) is 0.665. The Kier molecular flexibility index (Phi) is 7.70. The van der Waals surface area contributed by atoms with E-state index in [0.717, 1.165) is 41.8 Å². The van der Waals surface area contributed by atoms with Gasteiger partial charge >= 0.3 is 6.03 Å². The normalized spacial score (nSPS) is 12.5. The van der Waals surface area contributed by atoms with E-state index in [9.17, 15) is 9.59 Å². The van der Waals surface area contributed by atoms with Gasteiger partial charge in [-0.1, -0.05) is 25.1 Å². The molecule has 0 aromatic heterocycles. The van der Waals surface area contributed by atoms with Crippen molar-refractivity contribution < 1.29 is 9.59 Å². The Morgan fingerprint density at radius 2 is 1.89 bits per heavy atom. The highest BCUT2D eigenvalue weighted by atomic mass is 35.5. The Morgan fingerprint density at radius 3 is 2.61 bits per heavy atom. The molecule has 3 rings (SSSR count). The lowest BCUT2D eigenvalue weighted by Crippen LogP contribution is -2.36. The number of halogens is 1. The molecular formula is C21H27ClN4O2. The van der Waals surface area contributed by atoms with Crippen LogP contribution < -0.4 is 21.3 Å². The number of hydrogen-bond donors (Lipinski definition) is 3. The lowest BCUT2D eigenvalue weighted by molar-refractivity contribution is -0.118. The first kappa shape index (κ1) is 21.6. The van der Waals surface area contributed by atoms with E-state index in [-0.39, 0.29) is 24.3 Å². The van der Waals surface area contributed by atoms with Gasteiger partial charge in [-0.3, -0.25) is 4.79 Å². The van der Waals surface area contributed by atoms with E-state index in [1.165, 1.54) is 0 Å². The van der Waals surface area contributed by atoms with Gasteiger partial charge in [-0.05, 0) is 54.7 Å². The molecule has 1 aliphatic rings. The minimum absolute atomic E-state index is 0. The Balaban J connectivity index is 0.00000280. The van der Waals surface area contributed by atoms with Gasteiger partial charge in [0, 0.05) is 30.2 Å². The first-order valence-electron chi connectivity index (χ1n) is 9.40. The molecule has 4 N–H and O–H groups in total. The second-order valence-corrected chi connectivity index (χ2v) is 6.75. The molecule has 0 unspecified atom stereocenters. The van der Waals surface area contributed by atoms with Gasteiger partial charge in [0.2, 0.25) is 5.91 Å². The zero-order valence-electron chi connectivity index (χ0n) is 16.0. The molecule has 7 heteroatoms. The predicted molar refractivity (Wildman–Crippen MR) is 116 cm³/mol. The van der Waals surface area contributed by atoms with Crippen LogP contribution in [0.5, 0.6) is 0 Å². The van der Waals surface area contributed by atoms with Crippen molar-refractivity contribution in [2.75, 3.05) is 29.0 Å². The summed E-state index contributed by atoms with van der Waals surface area (Å²) in [4.78, 5) is 26.4. The number of hydrogen-bond acceptors (Lipinski definition) is 3. The summed E-state index contributed by atoms with van der Waals surface area (Å²) in [5.74, 6) is 0.0583. The van der Waals surface area contributed by atoms with Crippen LogP contribution in [0, 0.1) is 0 Å². The fourth-order valence-electron chi connectivity index (χ4n) is 3.30. The molecule has 0 bridgehead atoms. The van der Waals surface area contributed by atoms with E-state index in [1.54, 1.807) is 0 Å². The highest BCUT2D eigenvalue weighted by molar-refractivity contribution is 5.97. The average Bonchev–Trinajstić information content (AvgIpc) is 2.68. The average molecular weight is 403 g/mol. The summed E-state index contributed by atoms with van der Waals surface area (Å²) in [5.41, 5.74) is 10.4. The number of urea groups is 1. The molecule has 6 nitrogen and oxygen atoms in total. The SMILES string of the molecule is CCCNC(=O)Nc1ccc(CC(=O)N2CCCc3c(N)cccc32)cc1.Cl. The van der Waals surface area contributed by atoms with Gasteiger partial charge < -0.3 is 21.3 Å². The third-order valence-electron chi connectivity index (χ3n) is 4.69. The number of fused-ring (bicyclic) bond motifs is 1. The zero-order chi connectivity index (χ0) is 19.2. The number of nitrogen functional groups attached to an aromatic ring is 1. The first-order chi connectivity index (χ1) is 13.1. The largest absolute Gasteiger partial charge is 0.398 e. The van der Waals surface area contributed by atoms with Crippen molar-refractivity contribution in [1.29, 1.82) is 0 Å². The smallest absolute Gasteiger partial charge is 0.319 e. The minimum Gasteiger partial charge on any atom is -0.398 e. The Hall–Kier alpha value is -2.73. The van der Waals surface area contributed by atoms with E-state index in [4.69, 9.17) is 5.73 Å². The van der Waals surface area contributed by atoms with Gasteiger partial charge in [-0.15, -0.1) is 12.4 Å². The number of benzene rings is 2. The van der Waals surface area contributed by atoms with Crippen molar-refractivity contribution in [2.24, 2.45) is 0 Å². The molecule has 0 aliphatic carbocycles. The number of carbonyl (C=O) groups is 2. The molecule has 3 amide bonds. The van der Waals surface area contributed by atoms with Crippen LogP contribution in [0.4, 0.5) is 21.9 Å². The molecule has 28 heavy (non-hydrogen) atoms. The minimum atomic E-state index is -0.219. The third-order valence-corrected chi connectivity index (χ3v) is 4.69. The topological polar surface area (TPSA) is 87.5 Å². The van der Waals surface area contributed by atoms with E-state index in [0.29, 0.717) is 25.2 Å². The van der Waals surface area contributed by atoms with Crippen molar-refractivity contribution in [3.63, 3.8) is 0 Å². The summed E-state index contributed by atoms with van der Waals surface area (Å²) in [5, 5.41) is 5.54. The maximum atomic E-state index is 12.8. The van der Waals surface area contributed by atoms with Gasteiger partial charge in [0.25, 0.3) is 0 Å². The highest BCUT2D eigenvalue weighted by Gasteiger charge is 2.23. The van der Waals surface area contributed by atoms with Crippen molar-refractivity contribution >= 4 is 41.4 Å². The van der Waals surface area contributed by atoms with Crippen LogP contribution in [0.1, 0.15) is 30.9 Å². The fourth-order valence-corrected chi connectivity index (χ4v) is 3.30. The molecule has 0 spiro atoms. The van der Waals surface area contributed by atoms with Crippen LogP contribution in [-0.4, -0.2) is 25.0 Å². The Labute approximate surface area is 171 Å². The monoisotopic (exact) mass is 402 g/mol. The van der Waals surface area contributed by atoms with Crippen molar-refractivity contribution in [1.82, 2.24) is 5.32 Å². The van der Waals surface area contributed by atoms with Crippen molar-refractivity contribution in [3.8, 4) is 0 Å². The molecule has 0 atom stereocenters. The van der Waals surface area contributed by atoms with Gasteiger partial charge in [0.15, 0.2) is 0 Å². The van der Waals surface area contributed by atoms with Crippen molar-refractivity contribution in [2.45, 2.75) is 32.6 Å². The van der Waals surface area contributed by atoms with E-state index < -0.39 is 0 Å². The summed E-state index contributed by atoms with van der Waals surface area (Å²) in [6.45, 7) is 3.36. The highest BCUT2D eigenvalue weighted by Crippen LogP contribution is 2.31. The molecule has 0 fully saturated rings.